The highest BCUT2D eigenvalue weighted by Gasteiger charge is 2.23. The van der Waals surface area contributed by atoms with Gasteiger partial charge in [0.15, 0.2) is 0 Å². The van der Waals surface area contributed by atoms with Gasteiger partial charge in [-0.1, -0.05) is 0 Å². The van der Waals surface area contributed by atoms with Crippen LogP contribution < -0.4 is 10.6 Å². The van der Waals surface area contributed by atoms with Gasteiger partial charge >= 0.3 is 0 Å². The van der Waals surface area contributed by atoms with Crippen molar-refractivity contribution in [2.24, 2.45) is 0 Å². The summed E-state index contributed by atoms with van der Waals surface area (Å²) in [6.45, 7) is 7.94. The number of carbonyl (C=O) groups is 1. The highest BCUT2D eigenvalue weighted by Crippen LogP contribution is 2.03. The molecule has 0 bridgehead atoms. The van der Waals surface area contributed by atoms with Crippen LogP contribution >= 0.6 is 11.8 Å². The molecule has 0 saturated carbocycles. The lowest BCUT2D eigenvalue weighted by Gasteiger charge is -2.32. The Hall–Kier alpha value is -0.260. The van der Waals surface area contributed by atoms with Crippen LogP contribution in [0.4, 0.5) is 0 Å². The summed E-state index contributed by atoms with van der Waals surface area (Å²) in [5, 5.41) is 6.35. The fraction of sp³-hybridized carbons (Fsp3) is 0.909. The SMILES string of the molecule is CSCC(C)NC(=O)C(C)N1CCNCC1. The van der Waals surface area contributed by atoms with E-state index in [0.717, 1.165) is 31.9 Å². The summed E-state index contributed by atoms with van der Waals surface area (Å²) in [5.41, 5.74) is 0. The first-order valence-corrected chi connectivity index (χ1v) is 7.28. The molecule has 1 aliphatic heterocycles. The average Bonchev–Trinajstić information content (AvgIpc) is 2.29. The van der Waals surface area contributed by atoms with E-state index >= 15 is 0 Å². The van der Waals surface area contributed by atoms with Crippen LogP contribution in [0.2, 0.25) is 0 Å². The van der Waals surface area contributed by atoms with Crippen molar-refractivity contribution in [3.05, 3.63) is 0 Å². The quantitative estimate of drug-likeness (QED) is 0.724. The van der Waals surface area contributed by atoms with Crippen LogP contribution in [0.3, 0.4) is 0 Å². The van der Waals surface area contributed by atoms with Gasteiger partial charge in [-0.25, -0.2) is 0 Å². The van der Waals surface area contributed by atoms with Crippen molar-refractivity contribution in [3.8, 4) is 0 Å². The summed E-state index contributed by atoms with van der Waals surface area (Å²) >= 11 is 1.76. The van der Waals surface area contributed by atoms with Crippen molar-refractivity contribution in [1.82, 2.24) is 15.5 Å². The van der Waals surface area contributed by atoms with Gasteiger partial charge in [0.1, 0.15) is 0 Å². The lowest BCUT2D eigenvalue weighted by Crippen LogP contribution is -2.54. The van der Waals surface area contributed by atoms with E-state index in [1.54, 1.807) is 11.8 Å². The average molecular weight is 245 g/mol. The lowest BCUT2D eigenvalue weighted by atomic mass is 10.2. The van der Waals surface area contributed by atoms with Crippen molar-refractivity contribution in [2.75, 3.05) is 38.2 Å². The predicted molar refractivity (Wildman–Crippen MR) is 69.9 cm³/mol. The van der Waals surface area contributed by atoms with Crippen LogP contribution in [0.1, 0.15) is 13.8 Å². The first-order chi connectivity index (χ1) is 7.65. The number of rotatable bonds is 5. The molecule has 94 valence electrons. The third-order valence-corrected chi connectivity index (χ3v) is 3.72. The molecule has 1 amide bonds. The van der Waals surface area contributed by atoms with Crippen LogP contribution in [0, 0.1) is 0 Å². The molecule has 0 aromatic rings. The molecule has 0 radical (unpaired) electrons. The zero-order valence-corrected chi connectivity index (χ0v) is 11.3. The van der Waals surface area contributed by atoms with E-state index in [4.69, 9.17) is 0 Å². The molecule has 1 aliphatic rings. The van der Waals surface area contributed by atoms with Crippen LogP contribution in [0.15, 0.2) is 0 Å². The summed E-state index contributed by atoms with van der Waals surface area (Å²) in [7, 11) is 0. The molecule has 5 heteroatoms. The van der Waals surface area contributed by atoms with Crippen molar-refractivity contribution < 1.29 is 4.79 Å². The van der Waals surface area contributed by atoms with Crippen molar-refractivity contribution in [2.45, 2.75) is 25.9 Å². The largest absolute Gasteiger partial charge is 0.351 e. The van der Waals surface area contributed by atoms with E-state index in [1.807, 2.05) is 6.92 Å². The molecule has 16 heavy (non-hydrogen) atoms. The molecule has 2 unspecified atom stereocenters. The minimum absolute atomic E-state index is 0.00796. The van der Waals surface area contributed by atoms with Gasteiger partial charge in [-0.15, -0.1) is 0 Å². The topological polar surface area (TPSA) is 44.4 Å². The number of thioether (sulfide) groups is 1. The molecule has 2 N–H and O–H groups in total. The van der Waals surface area contributed by atoms with Crippen molar-refractivity contribution in [1.29, 1.82) is 0 Å². The van der Waals surface area contributed by atoms with Gasteiger partial charge < -0.3 is 10.6 Å². The Morgan fingerprint density at radius 3 is 2.62 bits per heavy atom. The van der Waals surface area contributed by atoms with E-state index in [0.29, 0.717) is 0 Å². The summed E-state index contributed by atoms with van der Waals surface area (Å²) < 4.78 is 0. The minimum Gasteiger partial charge on any atom is -0.351 e. The fourth-order valence-electron chi connectivity index (χ4n) is 1.89. The Morgan fingerprint density at radius 2 is 2.06 bits per heavy atom. The molecular weight excluding hydrogens is 222 g/mol. The van der Waals surface area contributed by atoms with Crippen LogP contribution in [-0.4, -0.2) is 61.1 Å². The van der Waals surface area contributed by atoms with Crippen LogP contribution in [-0.2, 0) is 4.79 Å². The van der Waals surface area contributed by atoms with Crippen molar-refractivity contribution in [3.63, 3.8) is 0 Å². The predicted octanol–water partition coefficient (Wildman–Crippen LogP) is 0.148. The highest BCUT2D eigenvalue weighted by atomic mass is 32.2. The zero-order valence-electron chi connectivity index (χ0n) is 10.5. The van der Waals surface area contributed by atoms with E-state index < -0.39 is 0 Å². The zero-order chi connectivity index (χ0) is 12.0. The van der Waals surface area contributed by atoms with Gasteiger partial charge in [0.05, 0.1) is 6.04 Å². The first-order valence-electron chi connectivity index (χ1n) is 5.89. The highest BCUT2D eigenvalue weighted by molar-refractivity contribution is 7.98. The first kappa shape index (κ1) is 13.8. The molecule has 4 nitrogen and oxygen atoms in total. The molecule has 0 aromatic heterocycles. The molecular formula is C11H23N3OS. The molecule has 0 aliphatic carbocycles. The summed E-state index contributed by atoms with van der Waals surface area (Å²) in [6.07, 6.45) is 2.06. The molecule has 2 atom stereocenters. The van der Waals surface area contributed by atoms with E-state index in [2.05, 4.69) is 28.7 Å². The number of hydrogen-bond acceptors (Lipinski definition) is 4. The van der Waals surface area contributed by atoms with Gasteiger partial charge in [0.25, 0.3) is 0 Å². The molecule has 0 spiro atoms. The monoisotopic (exact) mass is 245 g/mol. The summed E-state index contributed by atoms with van der Waals surface area (Å²) in [5.74, 6) is 1.13. The second-order valence-electron chi connectivity index (χ2n) is 4.33. The van der Waals surface area contributed by atoms with Crippen LogP contribution in [0.5, 0.6) is 0 Å². The van der Waals surface area contributed by atoms with E-state index in [9.17, 15) is 4.79 Å². The minimum atomic E-state index is -0.00796. The number of amides is 1. The normalized spacial score (nSPS) is 21.4. The fourth-order valence-corrected chi connectivity index (χ4v) is 2.47. The Bertz CT molecular complexity index is 219. The lowest BCUT2D eigenvalue weighted by molar-refractivity contribution is -0.126. The standard InChI is InChI=1S/C11H23N3OS/c1-9(8-16-3)13-11(15)10(2)14-6-4-12-5-7-14/h9-10,12H,4-8H2,1-3H3,(H,13,15). The molecule has 1 saturated heterocycles. The molecule has 1 fully saturated rings. The maximum Gasteiger partial charge on any atom is 0.237 e. The van der Waals surface area contributed by atoms with Gasteiger partial charge in [0, 0.05) is 38.0 Å². The Balaban J connectivity index is 2.34. The summed E-state index contributed by atoms with van der Waals surface area (Å²) in [6, 6.07) is 0.249. The van der Waals surface area contributed by atoms with Crippen molar-refractivity contribution >= 4 is 17.7 Å². The third kappa shape index (κ3) is 4.31. The number of hydrogen-bond donors (Lipinski definition) is 2. The van der Waals surface area contributed by atoms with Gasteiger partial charge in [-0.2, -0.15) is 11.8 Å². The third-order valence-electron chi connectivity index (χ3n) is 2.88. The second-order valence-corrected chi connectivity index (χ2v) is 5.24. The summed E-state index contributed by atoms with van der Waals surface area (Å²) in [4.78, 5) is 14.2. The van der Waals surface area contributed by atoms with Crippen LogP contribution in [0.25, 0.3) is 0 Å². The Kier molecular flexibility index (Phi) is 6.16. The smallest absolute Gasteiger partial charge is 0.237 e. The van der Waals surface area contributed by atoms with Gasteiger partial charge in [0.2, 0.25) is 5.91 Å². The second kappa shape index (κ2) is 7.14. The number of nitrogens with zero attached hydrogens (tertiary/aromatic N) is 1. The Morgan fingerprint density at radius 1 is 1.44 bits per heavy atom. The number of carbonyl (C=O) groups excluding carboxylic acids is 1. The number of nitrogens with one attached hydrogen (secondary N) is 2. The van der Waals surface area contributed by atoms with E-state index in [1.165, 1.54) is 0 Å². The van der Waals surface area contributed by atoms with Gasteiger partial charge in [-0.05, 0) is 20.1 Å². The molecule has 1 rings (SSSR count). The van der Waals surface area contributed by atoms with E-state index in [-0.39, 0.29) is 18.0 Å². The maximum atomic E-state index is 11.9. The van der Waals surface area contributed by atoms with Gasteiger partial charge in [-0.3, -0.25) is 9.69 Å². The Labute approximate surface area is 103 Å². The molecule has 0 aromatic carbocycles. The maximum absolute atomic E-state index is 11.9. The number of piperazine rings is 1. The molecule has 1 heterocycles.